The number of aromatic hydroxyl groups is 1. The average molecular weight is 356 g/mol. The lowest BCUT2D eigenvalue weighted by molar-refractivity contribution is -0.152. The van der Waals surface area contributed by atoms with Crippen molar-refractivity contribution >= 4 is 28.3 Å². The summed E-state index contributed by atoms with van der Waals surface area (Å²) in [5.41, 5.74) is -2.12. The van der Waals surface area contributed by atoms with Gasteiger partial charge in [0.15, 0.2) is 0 Å². The number of carboxylic acids is 1. The van der Waals surface area contributed by atoms with Gasteiger partial charge in [0.1, 0.15) is 16.2 Å². The van der Waals surface area contributed by atoms with Crippen molar-refractivity contribution in [2.45, 2.75) is 6.18 Å². The Morgan fingerprint density at radius 2 is 1.88 bits per heavy atom. The van der Waals surface area contributed by atoms with Crippen molar-refractivity contribution in [1.82, 2.24) is 0 Å². The number of aromatic carboxylic acids is 1. The van der Waals surface area contributed by atoms with Gasteiger partial charge < -0.3 is 14.6 Å². The topological polar surface area (TPSA) is 87.7 Å². The van der Waals surface area contributed by atoms with Crippen LogP contribution in [0.4, 0.5) is 13.2 Å². The normalized spacial score (nSPS) is 11.8. The van der Waals surface area contributed by atoms with Crippen LogP contribution in [0.5, 0.6) is 5.75 Å². The predicted molar refractivity (Wildman–Crippen MR) is 79.4 cm³/mol. The standard InChI is InChI=1S/C15H7F3O5S/c16-15(17,18)13-11(9-3-4-10(24-9)14(21)22)12(20)7-2-1-6(19)5-8(7)23-13/h1-5,19H,(H,21,22). The van der Waals surface area contributed by atoms with E-state index >= 15 is 0 Å². The molecule has 0 fully saturated rings. The summed E-state index contributed by atoms with van der Waals surface area (Å²) in [7, 11) is 0. The SMILES string of the molecule is O=C(O)c1ccc(-c2c(C(F)(F)F)oc3cc(O)ccc3c2=O)s1. The fourth-order valence-corrected chi connectivity index (χ4v) is 3.08. The Bertz CT molecular complexity index is 1020. The molecule has 0 amide bonds. The molecule has 0 saturated heterocycles. The Morgan fingerprint density at radius 1 is 1.17 bits per heavy atom. The molecule has 0 aliphatic rings. The van der Waals surface area contributed by atoms with E-state index in [-0.39, 0.29) is 20.9 Å². The fourth-order valence-electron chi connectivity index (χ4n) is 2.19. The Kier molecular flexibility index (Phi) is 3.60. The molecule has 0 spiro atoms. The van der Waals surface area contributed by atoms with Gasteiger partial charge in [-0.05, 0) is 24.3 Å². The van der Waals surface area contributed by atoms with Crippen molar-refractivity contribution in [1.29, 1.82) is 0 Å². The number of phenols is 1. The first-order chi connectivity index (χ1) is 11.2. The molecule has 2 N–H and O–H groups in total. The molecule has 3 aromatic rings. The number of hydrogen-bond donors (Lipinski definition) is 2. The molecule has 2 heterocycles. The first kappa shape index (κ1) is 16.1. The van der Waals surface area contributed by atoms with Crippen LogP contribution < -0.4 is 5.43 Å². The summed E-state index contributed by atoms with van der Waals surface area (Å²) in [6, 6.07) is 5.44. The molecule has 0 atom stereocenters. The van der Waals surface area contributed by atoms with Crippen LogP contribution in [0.2, 0.25) is 0 Å². The number of carbonyl (C=O) groups is 1. The van der Waals surface area contributed by atoms with Gasteiger partial charge in [-0.25, -0.2) is 4.79 Å². The van der Waals surface area contributed by atoms with Crippen LogP contribution in [0.15, 0.2) is 39.5 Å². The number of alkyl halides is 3. The fraction of sp³-hybridized carbons (Fsp3) is 0.0667. The second-order valence-corrected chi connectivity index (χ2v) is 5.87. The second kappa shape index (κ2) is 5.38. The zero-order valence-corrected chi connectivity index (χ0v) is 12.4. The number of halogens is 3. The first-order valence-electron chi connectivity index (χ1n) is 6.39. The van der Waals surface area contributed by atoms with Crippen LogP contribution in [0.3, 0.4) is 0 Å². The van der Waals surface area contributed by atoms with Gasteiger partial charge in [0.25, 0.3) is 0 Å². The van der Waals surface area contributed by atoms with Gasteiger partial charge in [-0.1, -0.05) is 0 Å². The summed E-state index contributed by atoms with van der Waals surface area (Å²) < 4.78 is 44.7. The smallest absolute Gasteiger partial charge is 0.450 e. The van der Waals surface area contributed by atoms with Crippen molar-refractivity contribution in [2.75, 3.05) is 0 Å². The Balaban J connectivity index is 2.40. The molecule has 0 aliphatic heterocycles. The minimum absolute atomic E-state index is 0.152. The molecule has 0 aliphatic carbocycles. The van der Waals surface area contributed by atoms with E-state index < -0.39 is 34.5 Å². The second-order valence-electron chi connectivity index (χ2n) is 4.78. The molecule has 24 heavy (non-hydrogen) atoms. The molecule has 0 radical (unpaired) electrons. The molecule has 3 rings (SSSR count). The molecular formula is C15H7F3O5S. The van der Waals surface area contributed by atoms with Gasteiger partial charge in [-0.3, -0.25) is 4.79 Å². The van der Waals surface area contributed by atoms with Crippen molar-refractivity contribution < 1.29 is 32.6 Å². The largest absolute Gasteiger partial charge is 0.508 e. The summed E-state index contributed by atoms with van der Waals surface area (Å²) >= 11 is 0.541. The van der Waals surface area contributed by atoms with E-state index in [4.69, 9.17) is 9.52 Å². The summed E-state index contributed by atoms with van der Waals surface area (Å²) in [6.07, 6.45) is -4.97. The third-order valence-electron chi connectivity index (χ3n) is 3.20. The molecule has 9 heteroatoms. The zero-order chi connectivity index (χ0) is 17.6. The van der Waals surface area contributed by atoms with Crippen molar-refractivity contribution in [3.05, 3.63) is 51.2 Å². The molecule has 0 unspecified atom stereocenters. The van der Waals surface area contributed by atoms with Gasteiger partial charge in [0.05, 0.1) is 10.9 Å². The molecule has 0 bridgehead atoms. The minimum Gasteiger partial charge on any atom is -0.508 e. The Labute approximate surface area is 135 Å². The Hall–Kier alpha value is -2.81. The molecule has 2 aromatic heterocycles. The van der Waals surface area contributed by atoms with E-state index in [9.17, 15) is 27.9 Å². The molecular weight excluding hydrogens is 349 g/mol. The number of carboxylic acid groups (broad SMARTS) is 1. The van der Waals surface area contributed by atoms with Crippen molar-refractivity contribution in [3.8, 4) is 16.2 Å². The van der Waals surface area contributed by atoms with Crippen LogP contribution in [-0.4, -0.2) is 16.2 Å². The van der Waals surface area contributed by atoms with Gasteiger partial charge in [-0.2, -0.15) is 13.2 Å². The van der Waals surface area contributed by atoms with Crippen LogP contribution in [0.1, 0.15) is 15.4 Å². The van der Waals surface area contributed by atoms with Crippen molar-refractivity contribution in [2.24, 2.45) is 0 Å². The minimum atomic E-state index is -4.97. The highest BCUT2D eigenvalue weighted by Crippen LogP contribution is 2.39. The molecule has 0 saturated carbocycles. The van der Waals surface area contributed by atoms with Crippen LogP contribution >= 0.6 is 11.3 Å². The van der Waals surface area contributed by atoms with E-state index in [1.165, 1.54) is 0 Å². The van der Waals surface area contributed by atoms with Crippen LogP contribution in [0, 0.1) is 0 Å². The van der Waals surface area contributed by atoms with Crippen LogP contribution in [0.25, 0.3) is 21.4 Å². The first-order valence-corrected chi connectivity index (χ1v) is 7.20. The molecule has 5 nitrogen and oxygen atoms in total. The summed E-state index contributed by atoms with van der Waals surface area (Å²) in [4.78, 5) is 23.1. The lowest BCUT2D eigenvalue weighted by Crippen LogP contribution is -2.15. The highest BCUT2D eigenvalue weighted by molar-refractivity contribution is 7.17. The third kappa shape index (κ3) is 2.62. The molecule has 124 valence electrons. The number of phenolic OH excluding ortho intramolecular Hbond substituents is 1. The van der Waals surface area contributed by atoms with E-state index in [2.05, 4.69) is 0 Å². The quantitative estimate of drug-likeness (QED) is 0.726. The van der Waals surface area contributed by atoms with E-state index in [0.717, 1.165) is 30.3 Å². The highest BCUT2D eigenvalue weighted by Gasteiger charge is 2.39. The maximum absolute atomic E-state index is 13.3. The zero-order valence-electron chi connectivity index (χ0n) is 11.5. The molecule has 1 aromatic carbocycles. The number of rotatable bonds is 2. The van der Waals surface area contributed by atoms with Gasteiger partial charge in [0, 0.05) is 10.9 Å². The summed E-state index contributed by atoms with van der Waals surface area (Å²) in [5, 5.41) is 18.1. The highest BCUT2D eigenvalue weighted by atomic mass is 32.1. The monoisotopic (exact) mass is 356 g/mol. The van der Waals surface area contributed by atoms with Gasteiger partial charge in [0.2, 0.25) is 11.2 Å². The van der Waals surface area contributed by atoms with E-state index in [1.54, 1.807) is 0 Å². The van der Waals surface area contributed by atoms with E-state index in [1.807, 2.05) is 0 Å². The van der Waals surface area contributed by atoms with Crippen molar-refractivity contribution in [3.63, 3.8) is 0 Å². The maximum Gasteiger partial charge on any atom is 0.450 e. The van der Waals surface area contributed by atoms with Gasteiger partial charge in [-0.15, -0.1) is 11.3 Å². The number of fused-ring (bicyclic) bond motifs is 1. The number of benzene rings is 1. The van der Waals surface area contributed by atoms with Gasteiger partial charge >= 0.3 is 12.1 Å². The average Bonchev–Trinajstić information content (AvgIpc) is 2.95. The number of hydrogen-bond acceptors (Lipinski definition) is 5. The Morgan fingerprint density at radius 3 is 2.46 bits per heavy atom. The van der Waals surface area contributed by atoms with Crippen LogP contribution in [-0.2, 0) is 6.18 Å². The summed E-state index contributed by atoms with van der Waals surface area (Å²) in [5.74, 6) is -3.20. The lowest BCUT2D eigenvalue weighted by Gasteiger charge is -2.11. The summed E-state index contributed by atoms with van der Waals surface area (Å²) in [6.45, 7) is 0. The lowest BCUT2D eigenvalue weighted by atomic mass is 10.1. The maximum atomic E-state index is 13.3. The number of thiophene rings is 1. The third-order valence-corrected chi connectivity index (χ3v) is 4.29. The predicted octanol–water partition coefficient (Wildman–Crippen LogP) is 3.94. The van der Waals surface area contributed by atoms with E-state index in [0.29, 0.717) is 11.3 Å².